The number of azo groups is 1. The van der Waals surface area contributed by atoms with Gasteiger partial charge in [-0.3, -0.25) is 0 Å². The molecule has 0 heterocycles. The summed E-state index contributed by atoms with van der Waals surface area (Å²) in [5, 5.41) is 7.57. The summed E-state index contributed by atoms with van der Waals surface area (Å²) in [5.41, 5.74) is 7.13. The maximum absolute atomic E-state index is 5.24. The predicted octanol–water partition coefficient (Wildman–Crippen LogP) is 2.51. The van der Waals surface area contributed by atoms with Crippen LogP contribution in [0.1, 0.15) is 5.56 Å². The zero-order chi connectivity index (χ0) is 8.97. The first-order valence-corrected chi connectivity index (χ1v) is 3.62. The van der Waals surface area contributed by atoms with Crippen LogP contribution in [0.4, 0.5) is 5.69 Å². The molecule has 3 heteroatoms. The molecule has 1 aromatic rings. The molecule has 0 spiro atoms. The van der Waals surface area contributed by atoms with Crippen LogP contribution in [0.3, 0.4) is 0 Å². The van der Waals surface area contributed by atoms with E-state index >= 15 is 0 Å². The van der Waals surface area contributed by atoms with E-state index in [1.165, 1.54) is 0 Å². The van der Waals surface area contributed by atoms with Crippen LogP contribution < -0.4 is 5.73 Å². The fraction of sp³-hybridized carbons (Fsp3) is 0.111. The van der Waals surface area contributed by atoms with Crippen molar-refractivity contribution in [3.63, 3.8) is 0 Å². The Morgan fingerprint density at radius 1 is 1.42 bits per heavy atom. The summed E-state index contributed by atoms with van der Waals surface area (Å²) in [6.45, 7) is 5.38. The topological polar surface area (TPSA) is 50.7 Å². The SMILES string of the molecule is C=C(N)N=Nc1ccccc1C. The molecule has 0 fully saturated rings. The minimum absolute atomic E-state index is 0.221. The minimum atomic E-state index is 0.221. The van der Waals surface area contributed by atoms with Crippen molar-refractivity contribution in [2.24, 2.45) is 16.0 Å². The summed E-state index contributed by atoms with van der Waals surface area (Å²) >= 11 is 0. The van der Waals surface area contributed by atoms with Crippen molar-refractivity contribution >= 4 is 5.69 Å². The Kier molecular flexibility index (Phi) is 2.58. The Labute approximate surface area is 71.6 Å². The fourth-order valence-corrected chi connectivity index (χ4v) is 0.794. The number of nitrogens with zero attached hydrogens (tertiary/aromatic N) is 2. The second-order valence-corrected chi connectivity index (χ2v) is 2.48. The van der Waals surface area contributed by atoms with E-state index in [1.54, 1.807) is 0 Å². The van der Waals surface area contributed by atoms with Crippen LogP contribution in [0, 0.1) is 6.92 Å². The van der Waals surface area contributed by atoms with Gasteiger partial charge in [0.05, 0.1) is 5.69 Å². The Morgan fingerprint density at radius 3 is 2.67 bits per heavy atom. The first-order valence-electron chi connectivity index (χ1n) is 3.62. The van der Waals surface area contributed by atoms with Crippen molar-refractivity contribution in [2.75, 3.05) is 0 Å². The summed E-state index contributed by atoms with van der Waals surface area (Å²) < 4.78 is 0. The van der Waals surface area contributed by atoms with E-state index in [-0.39, 0.29) is 5.82 Å². The van der Waals surface area contributed by atoms with E-state index in [9.17, 15) is 0 Å². The third-order valence-electron chi connectivity index (χ3n) is 1.40. The molecule has 0 unspecified atom stereocenters. The molecule has 0 saturated heterocycles. The number of nitrogens with two attached hydrogens (primary N) is 1. The molecule has 1 rings (SSSR count). The van der Waals surface area contributed by atoms with Gasteiger partial charge in [-0.2, -0.15) is 0 Å². The van der Waals surface area contributed by atoms with Gasteiger partial charge in [0, 0.05) is 0 Å². The lowest BCUT2D eigenvalue weighted by molar-refractivity contribution is 1.10. The Hall–Kier alpha value is -1.64. The Balaban J connectivity index is 2.89. The first-order chi connectivity index (χ1) is 5.70. The van der Waals surface area contributed by atoms with E-state index in [4.69, 9.17) is 5.73 Å². The maximum atomic E-state index is 5.24. The van der Waals surface area contributed by atoms with Gasteiger partial charge < -0.3 is 5.73 Å². The van der Waals surface area contributed by atoms with E-state index in [0.717, 1.165) is 11.3 Å². The van der Waals surface area contributed by atoms with Crippen LogP contribution in [0.25, 0.3) is 0 Å². The van der Waals surface area contributed by atoms with Crippen LogP contribution in [0.5, 0.6) is 0 Å². The lowest BCUT2D eigenvalue weighted by Crippen LogP contribution is -1.87. The standard InChI is InChI=1S/C9H11N3/c1-7-5-3-4-6-9(7)12-11-8(2)10/h3-6H,2,10H2,1H3. The van der Waals surface area contributed by atoms with Gasteiger partial charge in [-0.05, 0) is 18.6 Å². The normalized spacial score (nSPS) is 10.4. The van der Waals surface area contributed by atoms with E-state index in [1.807, 2.05) is 31.2 Å². The molecule has 0 bridgehead atoms. The van der Waals surface area contributed by atoms with Crippen molar-refractivity contribution in [3.8, 4) is 0 Å². The molecule has 0 aliphatic rings. The number of hydrogen-bond donors (Lipinski definition) is 1. The summed E-state index contributed by atoms with van der Waals surface area (Å²) in [6, 6.07) is 7.70. The molecule has 0 radical (unpaired) electrons. The molecule has 1 aromatic carbocycles. The van der Waals surface area contributed by atoms with Gasteiger partial charge in [-0.1, -0.05) is 24.8 Å². The zero-order valence-electron chi connectivity index (χ0n) is 6.99. The van der Waals surface area contributed by atoms with Gasteiger partial charge in [-0.15, -0.1) is 10.2 Å². The summed E-state index contributed by atoms with van der Waals surface area (Å²) in [6.07, 6.45) is 0. The zero-order valence-corrected chi connectivity index (χ0v) is 6.99. The largest absolute Gasteiger partial charge is 0.383 e. The molecular formula is C9H11N3. The van der Waals surface area contributed by atoms with Gasteiger partial charge in [0.15, 0.2) is 0 Å². The lowest BCUT2D eigenvalue weighted by atomic mass is 10.2. The first kappa shape index (κ1) is 8.46. The predicted molar refractivity (Wildman–Crippen MR) is 49.0 cm³/mol. The second kappa shape index (κ2) is 3.67. The molecule has 0 saturated carbocycles. The fourth-order valence-electron chi connectivity index (χ4n) is 0.794. The summed E-state index contributed by atoms with van der Waals surface area (Å²) in [5.74, 6) is 0.221. The molecule has 0 amide bonds. The van der Waals surface area contributed by atoms with Crippen molar-refractivity contribution in [2.45, 2.75) is 6.92 Å². The van der Waals surface area contributed by atoms with Crippen molar-refractivity contribution in [3.05, 3.63) is 42.2 Å². The molecule has 62 valence electrons. The molecular weight excluding hydrogens is 150 g/mol. The maximum Gasteiger partial charge on any atom is 0.138 e. The highest BCUT2D eigenvalue weighted by atomic mass is 15.1. The van der Waals surface area contributed by atoms with E-state index in [2.05, 4.69) is 16.8 Å². The van der Waals surface area contributed by atoms with Crippen LogP contribution in [-0.2, 0) is 0 Å². The molecule has 0 atom stereocenters. The minimum Gasteiger partial charge on any atom is -0.383 e. The Morgan fingerprint density at radius 2 is 2.08 bits per heavy atom. The Bertz CT molecular complexity index is 315. The van der Waals surface area contributed by atoms with Crippen molar-refractivity contribution in [1.29, 1.82) is 0 Å². The van der Waals surface area contributed by atoms with Gasteiger partial charge in [0.1, 0.15) is 5.82 Å². The van der Waals surface area contributed by atoms with Gasteiger partial charge in [-0.25, -0.2) is 0 Å². The number of benzene rings is 1. The number of aryl methyl sites for hydroxylation is 1. The molecule has 0 aliphatic carbocycles. The number of hydrogen-bond acceptors (Lipinski definition) is 3. The van der Waals surface area contributed by atoms with Crippen LogP contribution in [0.2, 0.25) is 0 Å². The van der Waals surface area contributed by atoms with Crippen LogP contribution in [0.15, 0.2) is 46.9 Å². The van der Waals surface area contributed by atoms with Gasteiger partial charge in [0.2, 0.25) is 0 Å². The highest BCUT2D eigenvalue weighted by molar-refractivity contribution is 5.43. The molecule has 0 aromatic heterocycles. The van der Waals surface area contributed by atoms with Gasteiger partial charge >= 0.3 is 0 Å². The van der Waals surface area contributed by atoms with Crippen LogP contribution in [-0.4, -0.2) is 0 Å². The highest BCUT2D eigenvalue weighted by Gasteiger charge is 1.92. The quantitative estimate of drug-likeness (QED) is 0.665. The summed E-state index contributed by atoms with van der Waals surface area (Å²) in [4.78, 5) is 0. The van der Waals surface area contributed by atoms with Crippen LogP contribution >= 0.6 is 0 Å². The third-order valence-corrected chi connectivity index (χ3v) is 1.40. The smallest absolute Gasteiger partial charge is 0.138 e. The second-order valence-electron chi connectivity index (χ2n) is 2.48. The van der Waals surface area contributed by atoms with Crippen molar-refractivity contribution < 1.29 is 0 Å². The molecule has 3 nitrogen and oxygen atoms in total. The highest BCUT2D eigenvalue weighted by Crippen LogP contribution is 2.17. The number of rotatable bonds is 2. The molecule has 0 aliphatic heterocycles. The average Bonchev–Trinajstić information content (AvgIpc) is 2.03. The third kappa shape index (κ3) is 2.20. The molecule has 12 heavy (non-hydrogen) atoms. The lowest BCUT2D eigenvalue weighted by Gasteiger charge is -1.95. The van der Waals surface area contributed by atoms with Gasteiger partial charge in [0.25, 0.3) is 0 Å². The summed E-state index contributed by atoms with van der Waals surface area (Å²) in [7, 11) is 0. The average molecular weight is 161 g/mol. The molecule has 2 N–H and O–H groups in total. The van der Waals surface area contributed by atoms with E-state index < -0.39 is 0 Å². The van der Waals surface area contributed by atoms with Crippen molar-refractivity contribution in [1.82, 2.24) is 0 Å². The monoisotopic (exact) mass is 161 g/mol. The van der Waals surface area contributed by atoms with E-state index in [0.29, 0.717) is 0 Å².